The predicted octanol–water partition coefficient (Wildman–Crippen LogP) is 6.49. The number of aromatic nitrogens is 3. The fourth-order valence-electron chi connectivity index (χ4n) is 4.05. The molecule has 0 unspecified atom stereocenters. The number of para-hydroxylation sites is 1. The second kappa shape index (κ2) is 9.06. The molecule has 0 bridgehead atoms. The lowest BCUT2D eigenvalue weighted by atomic mass is 9.91. The fraction of sp³-hybridized carbons (Fsp3) is 0.0741. The lowest BCUT2D eigenvalue weighted by molar-refractivity contribution is -0.136. The Kier molecular flexibility index (Phi) is 5.78. The Labute approximate surface area is 198 Å². The van der Waals surface area contributed by atoms with Gasteiger partial charge in [0.05, 0.1) is 17.6 Å². The molecule has 2 aromatic heterocycles. The van der Waals surface area contributed by atoms with Gasteiger partial charge in [0.25, 0.3) is 0 Å². The molecular weight excluding hydrogens is 453 g/mol. The maximum Gasteiger partial charge on any atom is 0.418 e. The third-order valence-corrected chi connectivity index (χ3v) is 5.65. The van der Waals surface area contributed by atoms with E-state index in [1.165, 1.54) is 12.3 Å². The number of ketones is 1. The summed E-state index contributed by atoms with van der Waals surface area (Å²) in [4.78, 5) is 24.7. The van der Waals surface area contributed by atoms with Crippen LogP contribution in [-0.2, 0) is 12.7 Å². The number of alkyl halides is 3. The lowest BCUT2D eigenvalue weighted by Crippen LogP contribution is -2.09. The summed E-state index contributed by atoms with van der Waals surface area (Å²) in [6.45, 7) is 0.432. The molecule has 5 aromatic rings. The number of carbonyl (C=O) groups is 1. The lowest BCUT2D eigenvalue weighted by Gasteiger charge is -2.16. The third-order valence-electron chi connectivity index (χ3n) is 5.65. The Balaban J connectivity index is 1.68. The van der Waals surface area contributed by atoms with Gasteiger partial charge in [-0.1, -0.05) is 54.6 Å². The van der Waals surface area contributed by atoms with Gasteiger partial charge in [0.15, 0.2) is 5.78 Å². The second-order valence-electron chi connectivity index (χ2n) is 7.91. The van der Waals surface area contributed by atoms with Gasteiger partial charge in [-0.05, 0) is 23.8 Å². The molecule has 3 aromatic carbocycles. The topological polar surface area (TPSA) is 70.7 Å². The summed E-state index contributed by atoms with van der Waals surface area (Å²) in [5, 5.41) is 3.50. The summed E-state index contributed by atoms with van der Waals surface area (Å²) in [5.74, 6) is 0.417. The van der Waals surface area contributed by atoms with Crippen molar-refractivity contribution in [1.82, 2.24) is 15.0 Å². The number of hydrogen-bond donors (Lipinski definition) is 2. The van der Waals surface area contributed by atoms with E-state index in [0.29, 0.717) is 23.2 Å². The molecule has 0 aliphatic heterocycles. The normalized spacial score (nSPS) is 11.5. The van der Waals surface area contributed by atoms with Crippen LogP contribution in [0.4, 0.5) is 18.9 Å². The van der Waals surface area contributed by atoms with Gasteiger partial charge < -0.3 is 10.3 Å². The molecule has 5 rings (SSSR count). The van der Waals surface area contributed by atoms with Gasteiger partial charge in [0.2, 0.25) is 0 Å². The first-order chi connectivity index (χ1) is 16.9. The van der Waals surface area contributed by atoms with E-state index in [9.17, 15) is 18.0 Å². The monoisotopic (exact) mass is 472 g/mol. The quantitative estimate of drug-likeness (QED) is 0.277. The average molecular weight is 472 g/mol. The van der Waals surface area contributed by atoms with Crippen molar-refractivity contribution in [3.8, 4) is 11.1 Å². The number of anilines is 1. The molecule has 0 saturated heterocycles. The molecule has 174 valence electrons. The predicted molar refractivity (Wildman–Crippen MR) is 128 cm³/mol. The van der Waals surface area contributed by atoms with Gasteiger partial charge in [-0.15, -0.1) is 0 Å². The zero-order valence-electron chi connectivity index (χ0n) is 18.3. The number of pyridine rings is 1. The van der Waals surface area contributed by atoms with Crippen molar-refractivity contribution in [2.24, 2.45) is 0 Å². The first-order valence-electron chi connectivity index (χ1n) is 10.8. The molecule has 2 N–H and O–H groups in total. The van der Waals surface area contributed by atoms with Crippen LogP contribution < -0.4 is 5.32 Å². The summed E-state index contributed by atoms with van der Waals surface area (Å²) < 4.78 is 41.2. The maximum atomic E-state index is 13.7. The summed E-state index contributed by atoms with van der Waals surface area (Å²) in [7, 11) is 0. The minimum Gasteiger partial charge on any atom is -0.378 e. The number of aromatic amines is 1. The molecule has 5 nitrogen and oxygen atoms in total. The molecular formula is C27H19F3N4O. The van der Waals surface area contributed by atoms with Gasteiger partial charge in [-0.3, -0.25) is 9.78 Å². The number of hydrogen-bond acceptors (Lipinski definition) is 4. The van der Waals surface area contributed by atoms with Crippen LogP contribution in [0.5, 0.6) is 0 Å². The number of fused-ring (bicyclic) bond motifs is 1. The van der Waals surface area contributed by atoms with Crippen LogP contribution in [0, 0.1) is 0 Å². The Morgan fingerprint density at radius 1 is 0.943 bits per heavy atom. The van der Waals surface area contributed by atoms with E-state index < -0.39 is 11.7 Å². The van der Waals surface area contributed by atoms with Crippen molar-refractivity contribution >= 4 is 22.4 Å². The van der Waals surface area contributed by atoms with Crippen molar-refractivity contribution < 1.29 is 18.0 Å². The molecule has 0 fully saturated rings. The van der Waals surface area contributed by atoms with Gasteiger partial charge in [-0.2, -0.15) is 13.2 Å². The molecule has 35 heavy (non-hydrogen) atoms. The molecule has 0 spiro atoms. The maximum absolute atomic E-state index is 13.7. The number of carbonyl (C=O) groups excluding carboxylic acids is 1. The van der Waals surface area contributed by atoms with Crippen molar-refractivity contribution in [3.05, 3.63) is 114 Å². The van der Waals surface area contributed by atoms with Crippen LogP contribution in [0.15, 0.2) is 91.4 Å². The minimum atomic E-state index is -4.58. The van der Waals surface area contributed by atoms with Crippen molar-refractivity contribution in [2.75, 3.05) is 5.32 Å². The molecule has 0 amide bonds. The minimum absolute atomic E-state index is 0.200. The molecule has 2 heterocycles. The van der Waals surface area contributed by atoms with E-state index in [-0.39, 0.29) is 22.2 Å². The highest BCUT2D eigenvalue weighted by Crippen LogP contribution is 2.39. The molecule has 8 heteroatoms. The molecule has 0 aliphatic rings. The van der Waals surface area contributed by atoms with Crippen LogP contribution in [0.25, 0.3) is 22.0 Å². The summed E-state index contributed by atoms with van der Waals surface area (Å²) >= 11 is 0. The van der Waals surface area contributed by atoms with Gasteiger partial charge >= 0.3 is 6.18 Å². The van der Waals surface area contributed by atoms with Crippen LogP contribution in [-0.4, -0.2) is 20.7 Å². The molecule has 0 aliphatic carbocycles. The fourth-order valence-corrected chi connectivity index (χ4v) is 4.05. The molecule has 0 atom stereocenters. The van der Waals surface area contributed by atoms with Gasteiger partial charge in [0.1, 0.15) is 5.82 Å². The first-order valence-corrected chi connectivity index (χ1v) is 10.8. The van der Waals surface area contributed by atoms with E-state index in [1.54, 1.807) is 67.0 Å². The SMILES string of the molecule is O=C(c1ccccc1)c1cnc2c(C(F)(F)F)cccc2c1-c1cccc(NCc2ncc[nH]2)c1. The van der Waals surface area contributed by atoms with E-state index in [2.05, 4.69) is 20.3 Å². The number of nitrogens with one attached hydrogen (secondary N) is 2. The van der Waals surface area contributed by atoms with Crippen molar-refractivity contribution in [2.45, 2.75) is 12.7 Å². The number of benzene rings is 3. The van der Waals surface area contributed by atoms with Crippen LogP contribution in [0.2, 0.25) is 0 Å². The van der Waals surface area contributed by atoms with Crippen LogP contribution in [0.3, 0.4) is 0 Å². The Hall–Kier alpha value is -4.46. The van der Waals surface area contributed by atoms with Crippen LogP contribution >= 0.6 is 0 Å². The standard InChI is InChI=1S/C27H19F3N4O/c28-27(29,30)22-11-5-10-20-24(18-8-4-9-19(14-18)33-16-23-31-12-13-32-23)21(15-34-25(20)22)26(35)17-6-2-1-3-7-17/h1-15,33H,16H2,(H,31,32). The van der Waals surface area contributed by atoms with E-state index >= 15 is 0 Å². The van der Waals surface area contributed by atoms with Gasteiger partial charge in [0, 0.05) is 46.4 Å². The summed E-state index contributed by atoms with van der Waals surface area (Å²) in [6.07, 6.45) is 0.0267. The highest BCUT2D eigenvalue weighted by Gasteiger charge is 2.34. The number of nitrogens with zero attached hydrogens (tertiary/aromatic N) is 2. The first kappa shape index (κ1) is 22.3. The van der Waals surface area contributed by atoms with Crippen molar-refractivity contribution in [1.29, 1.82) is 0 Å². The Bertz CT molecular complexity index is 1500. The number of imidazole rings is 1. The third kappa shape index (κ3) is 4.50. The van der Waals surface area contributed by atoms with E-state index in [0.717, 1.165) is 17.6 Å². The average Bonchev–Trinajstić information content (AvgIpc) is 3.40. The Morgan fingerprint density at radius 2 is 1.74 bits per heavy atom. The van der Waals surface area contributed by atoms with Gasteiger partial charge in [-0.25, -0.2) is 4.98 Å². The largest absolute Gasteiger partial charge is 0.418 e. The van der Waals surface area contributed by atoms with E-state index in [1.807, 2.05) is 6.07 Å². The second-order valence-corrected chi connectivity index (χ2v) is 7.91. The molecule has 0 radical (unpaired) electrons. The zero-order valence-corrected chi connectivity index (χ0v) is 18.3. The van der Waals surface area contributed by atoms with Crippen LogP contribution in [0.1, 0.15) is 27.3 Å². The molecule has 0 saturated carbocycles. The smallest absolute Gasteiger partial charge is 0.378 e. The highest BCUT2D eigenvalue weighted by molar-refractivity contribution is 6.16. The summed E-state index contributed by atoms with van der Waals surface area (Å²) in [6, 6.07) is 19.7. The number of halogens is 3. The van der Waals surface area contributed by atoms with Crippen molar-refractivity contribution in [3.63, 3.8) is 0 Å². The summed E-state index contributed by atoms with van der Waals surface area (Å²) in [5.41, 5.74) is 1.34. The zero-order chi connectivity index (χ0) is 24.4. The Morgan fingerprint density at radius 3 is 2.49 bits per heavy atom. The number of rotatable bonds is 6. The van der Waals surface area contributed by atoms with E-state index in [4.69, 9.17) is 0 Å². The highest BCUT2D eigenvalue weighted by atomic mass is 19.4. The number of H-pyrrole nitrogens is 1.